The average Bonchev–Trinajstić information content (AvgIpc) is 1.96. The van der Waals surface area contributed by atoms with Crippen LogP contribution in [0.1, 0.15) is 5.56 Å². The minimum absolute atomic E-state index is 0.0403. The largest absolute Gasteiger partial charge is 0.508 e. The number of aromatic nitrogens is 1. The molecule has 1 N–H and O–H groups in total. The molecule has 12 heavy (non-hydrogen) atoms. The van der Waals surface area contributed by atoms with Gasteiger partial charge in [0.2, 0.25) is 0 Å². The Morgan fingerprint density at radius 2 is 2.08 bits per heavy atom. The zero-order valence-corrected chi connectivity index (χ0v) is 7.32. The van der Waals surface area contributed by atoms with E-state index >= 15 is 0 Å². The summed E-state index contributed by atoms with van der Waals surface area (Å²) >= 11 is 10.8. The zero-order chi connectivity index (χ0) is 9.30. The van der Waals surface area contributed by atoms with Crippen molar-refractivity contribution in [3.05, 3.63) is 34.3 Å². The van der Waals surface area contributed by atoms with Gasteiger partial charge in [0.1, 0.15) is 10.9 Å². The highest BCUT2D eigenvalue weighted by molar-refractivity contribution is 6.33. The van der Waals surface area contributed by atoms with Crippen LogP contribution in [0.15, 0.2) is 12.6 Å². The van der Waals surface area contributed by atoms with Crippen LogP contribution in [0.4, 0.5) is 4.39 Å². The van der Waals surface area contributed by atoms with Gasteiger partial charge in [-0.3, -0.25) is 0 Å². The van der Waals surface area contributed by atoms with E-state index in [0.29, 0.717) is 0 Å². The maximum Gasteiger partial charge on any atom is 0.166 e. The highest BCUT2D eigenvalue weighted by atomic mass is 35.5. The molecule has 2 nitrogen and oxygen atoms in total. The van der Waals surface area contributed by atoms with Crippen LogP contribution in [0, 0.1) is 5.82 Å². The van der Waals surface area contributed by atoms with Gasteiger partial charge in [0.05, 0.1) is 5.56 Å². The van der Waals surface area contributed by atoms with Crippen molar-refractivity contribution in [3.63, 3.8) is 0 Å². The predicted molar refractivity (Wildman–Crippen MR) is 45.9 cm³/mol. The predicted octanol–water partition coefficient (Wildman–Crippen LogP) is 3.06. The van der Waals surface area contributed by atoms with Crippen LogP contribution in [0.2, 0.25) is 10.3 Å². The van der Waals surface area contributed by atoms with E-state index in [0.717, 1.165) is 6.07 Å². The van der Waals surface area contributed by atoms with Crippen molar-refractivity contribution in [1.82, 2.24) is 4.98 Å². The molecule has 0 spiro atoms. The molecule has 0 aliphatic rings. The smallest absolute Gasteiger partial charge is 0.166 e. The molecule has 0 aliphatic carbocycles. The second-order valence-corrected chi connectivity index (χ2v) is 2.76. The lowest BCUT2D eigenvalue weighted by Gasteiger charge is -2.01. The van der Waals surface area contributed by atoms with Gasteiger partial charge in [-0.25, -0.2) is 9.37 Å². The second kappa shape index (κ2) is 3.29. The Morgan fingerprint density at radius 3 is 2.58 bits per heavy atom. The first-order chi connectivity index (χ1) is 5.52. The van der Waals surface area contributed by atoms with E-state index in [4.69, 9.17) is 28.3 Å². The number of hydrogen-bond acceptors (Lipinski definition) is 2. The molecule has 5 heteroatoms. The highest BCUT2D eigenvalue weighted by Gasteiger charge is 2.10. The third kappa shape index (κ3) is 1.68. The molecule has 0 atom stereocenters. The van der Waals surface area contributed by atoms with Crippen molar-refractivity contribution in [2.45, 2.75) is 0 Å². The van der Waals surface area contributed by atoms with Crippen LogP contribution < -0.4 is 0 Å². The Morgan fingerprint density at radius 1 is 1.50 bits per heavy atom. The van der Waals surface area contributed by atoms with Crippen molar-refractivity contribution < 1.29 is 9.50 Å². The first kappa shape index (κ1) is 9.29. The molecule has 1 heterocycles. The monoisotopic (exact) mass is 207 g/mol. The average molecular weight is 208 g/mol. The first-order valence-electron chi connectivity index (χ1n) is 2.92. The summed E-state index contributed by atoms with van der Waals surface area (Å²) in [6.45, 7) is 3.18. The van der Waals surface area contributed by atoms with Crippen LogP contribution in [0.5, 0.6) is 0 Å². The van der Waals surface area contributed by atoms with Crippen LogP contribution in [0.3, 0.4) is 0 Å². The number of rotatable bonds is 1. The molecule has 1 rings (SSSR count). The summed E-state index contributed by atoms with van der Waals surface area (Å²) in [5, 5.41) is 8.49. The lowest BCUT2D eigenvalue weighted by Crippen LogP contribution is -1.90. The lowest BCUT2D eigenvalue weighted by atomic mass is 10.2. The first-order valence-corrected chi connectivity index (χ1v) is 3.67. The van der Waals surface area contributed by atoms with Crippen molar-refractivity contribution in [2.75, 3.05) is 0 Å². The highest BCUT2D eigenvalue weighted by Crippen LogP contribution is 2.23. The molecule has 64 valence electrons. The lowest BCUT2D eigenvalue weighted by molar-refractivity contribution is 0.512. The van der Waals surface area contributed by atoms with Gasteiger partial charge < -0.3 is 5.11 Å². The van der Waals surface area contributed by atoms with Gasteiger partial charge in [-0.2, -0.15) is 0 Å². The SMILES string of the molecule is C=C(O)c1cc(F)c(Cl)nc1Cl. The maximum absolute atomic E-state index is 12.7. The summed E-state index contributed by atoms with van der Waals surface area (Å²) in [7, 11) is 0. The molecular weight excluding hydrogens is 204 g/mol. The van der Waals surface area contributed by atoms with Gasteiger partial charge in [0.15, 0.2) is 11.0 Å². The Kier molecular flexibility index (Phi) is 2.55. The fourth-order valence-corrected chi connectivity index (χ4v) is 1.08. The molecular formula is C7H4Cl2FNO. The topological polar surface area (TPSA) is 33.1 Å². The van der Waals surface area contributed by atoms with Crippen LogP contribution in [-0.2, 0) is 0 Å². The molecule has 1 aromatic heterocycles. The molecule has 0 radical (unpaired) electrons. The Balaban J connectivity index is 3.33. The van der Waals surface area contributed by atoms with Gasteiger partial charge in [0, 0.05) is 0 Å². The number of aliphatic hydroxyl groups excluding tert-OH is 1. The normalized spacial score (nSPS) is 9.92. The number of hydrogen-bond donors (Lipinski definition) is 1. The quantitative estimate of drug-likeness (QED) is 0.568. The van der Waals surface area contributed by atoms with E-state index < -0.39 is 5.82 Å². The van der Waals surface area contributed by atoms with Crippen molar-refractivity contribution in [3.8, 4) is 0 Å². The van der Waals surface area contributed by atoms with E-state index in [-0.39, 0.29) is 21.6 Å². The van der Waals surface area contributed by atoms with Gasteiger partial charge in [-0.05, 0) is 6.07 Å². The van der Waals surface area contributed by atoms with E-state index in [1.165, 1.54) is 0 Å². The minimum Gasteiger partial charge on any atom is -0.508 e. The molecule has 0 bridgehead atoms. The van der Waals surface area contributed by atoms with Gasteiger partial charge >= 0.3 is 0 Å². The summed E-state index contributed by atoms with van der Waals surface area (Å²) in [4.78, 5) is 3.43. The van der Waals surface area contributed by atoms with Crippen molar-refractivity contribution >= 4 is 29.0 Å². The molecule has 0 saturated heterocycles. The third-order valence-corrected chi connectivity index (χ3v) is 1.75. The molecule has 0 fully saturated rings. The Hall–Kier alpha value is -0.800. The van der Waals surface area contributed by atoms with Crippen LogP contribution in [-0.4, -0.2) is 10.1 Å². The van der Waals surface area contributed by atoms with Gasteiger partial charge in [-0.1, -0.05) is 29.8 Å². The van der Waals surface area contributed by atoms with E-state index in [2.05, 4.69) is 11.6 Å². The minimum atomic E-state index is -0.744. The van der Waals surface area contributed by atoms with Gasteiger partial charge in [-0.15, -0.1) is 0 Å². The number of aliphatic hydroxyl groups is 1. The molecule has 0 amide bonds. The molecule has 0 unspecified atom stereocenters. The van der Waals surface area contributed by atoms with Crippen LogP contribution in [0.25, 0.3) is 5.76 Å². The van der Waals surface area contributed by atoms with Crippen LogP contribution >= 0.6 is 23.2 Å². The Labute approximate surface area is 78.3 Å². The number of nitrogens with zero attached hydrogens (tertiary/aromatic N) is 1. The Bertz CT molecular complexity index is 340. The number of halogens is 3. The summed E-state index contributed by atoms with van der Waals surface area (Å²) in [5.41, 5.74) is 0.0403. The van der Waals surface area contributed by atoms with E-state index in [1.807, 2.05) is 0 Å². The summed E-state index contributed by atoms with van der Waals surface area (Å²) in [5.74, 6) is -1.09. The summed E-state index contributed by atoms with van der Waals surface area (Å²) in [6, 6.07) is 0.972. The fraction of sp³-hybridized carbons (Fsp3) is 0. The summed E-state index contributed by atoms with van der Waals surface area (Å²) < 4.78 is 12.7. The third-order valence-electron chi connectivity index (χ3n) is 1.20. The van der Waals surface area contributed by atoms with Crippen molar-refractivity contribution in [1.29, 1.82) is 0 Å². The molecule has 1 aromatic rings. The summed E-state index contributed by atoms with van der Waals surface area (Å²) in [6.07, 6.45) is 0. The second-order valence-electron chi connectivity index (χ2n) is 2.05. The van der Waals surface area contributed by atoms with E-state index in [9.17, 15) is 4.39 Å². The van der Waals surface area contributed by atoms with Gasteiger partial charge in [0.25, 0.3) is 0 Å². The molecule has 0 aromatic carbocycles. The number of pyridine rings is 1. The standard InChI is InChI=1S/C7H4Cl2FNO/c1-3(12)4-2-5(10)7(9)11-6(4)8/h2,12H,1H2. The van der Waals surface area contributed by atoms with E-state index in [1.54, 1.807) is 0 Å². The fourth-order valence-electron chi connectivity index (χ4n) is 0.648. The molecule has 0 saturated carbocycles. The zero-order valence-electron chi connectivity index (χ0n) is 5.81. The maximum atomic E-state index is 12.7. The molecule has 0 aliphatic heterocycles. The van der Waals surface area contributed by atoms with Crippen molar-refractivity contribution in [2.24, 2.45) is 0 Å².